The highest BCUT2D eigenvalue weighted by Crippen LogP contribution is 2.28. The number of hydrogen-bond acceptors (Lipinski definition) is 5. The van der Waals surface area contributed by atoms with Crippen LogP contribution in [-0.2, 0) is 14.8 Å². The van der Waals surface area contributed by atoms with Crippen molar-refractivity contribution >= 4 is 21.6 Å². The number of piperidine rings is 1. The number of anilines is 1. The fraction of sp³-hybridized carbons (Fsp3) is 0.409. The molecule has 2 aromatic carbocycles. The average molecular weight is 433 g/mol. The Kier molecular flexibility index (Phi) is 7.33. The molecule has 162 valence electrons. The summed E-state index contributed by atoms with van der Waals surface area (Å²) in [5.41, 5.74) is 0.593. The second-order valence-electron chi connectivity index (χ2n) is 7.03. The van der Waals surface area contributed by atoms with Crippen LogP contribution in [0, 0.1) is 5.92 Å². The van der Waals surface area contributed by atoms with Gasteiger partial charge in [-0.05, 0) is 63.1 Å². The SMILES string of the molecule is CCOc1ccc(S(=O)(=O)N2CCC[C@@H](C(=O)Nc3ccccc3OCC)C2)cc1. The first kappa shape index (κ1) is 22.1. The zero-order valence-electron chi connectivity index (χ0n) is 17.3. The summed E-state index contributed by atoms with van der Waals surface area (Å²) < 4.78 is 38.4. The Hall–Kier alpha value is -2.58. The lowest BCUT2D eigenvalue weighted by Crippen LogP contribution is -2.43. The molecule has 0 spiro atoms. The zero-order valence-corrected chi connectivity index (χ0v) is 18.2. The summed E-state index contributed by atoms with van der Waals surface area (Å²) in [6, 6.07) is 13.6. The van der Waals surface area contributed by atoms with E-state index in [4.69, 9.17) is 9.47 Å². The second kappa shape index (κ2) is 9.95. The monoisotopic (exact) mass is 432 g/mol. The van der Waals surface area contributed by atoms with Gasteiger partial charge in [-0.25, -0.2) is 8.42 Å². The number of rotatable bonds is 8. The van der Waals surface area contributed by atoms with Gasteiger partial charge in [0.25, 0.3) is 0 Å². The normalized spacial score (nSPS) is 17.3. The maximum Gasteiger partial charge on any atom is 0.243 e. The van der Waals surface area contributed by atoms with Crippen LogP contribution in [0.15, 0.2) is 53.4 Å². The fourth-order valence-corrected chi connectivity index (χ4v) is 5.01. The minimum atomic E-state index is -3.68. The first-order valence-corrected chi connectivity index (χ1v) is 11.7. The van der Waals surface area contributed by atoms with Crippen molar-refractivity contribution < 1.29 is 22.7 Å². The molecule has 1 aliphatic heterocycles. The van der Waals surface area contributed by atoms with Crippen LogP contribution in [0.25, 0.3) is 0 Å². The van der Waals surface area contributed by atoms with Gasteiger partial charge in [0.05, 0.1) is 29.7 Å². The molecule has 0 bridgehead atoms. The molecule has 0 radical (unpaired) electrons. The van der Waals surface area contributed by atoms with Crippen LogP contribution in [0.5, 0.6) is 11.5 Å². The van der Waals surface area contributed by atoms with E-state index in [2.05, 4.69) is 5.32 Å². The van der Waals surface area contributed by atoms with Crippen LogP contribution in [0.4, 0.5) is 5.69 Å². The largest absolute Gasteiger partial charge is 0.494 e. The summed E-state index contributed by atoms with van der Waals surface area (Å²) in [4.78, 5) is 13.0. The van der Waals surface area contributed by atoms with Crippen molar-refractivity contribution in [1.29, 1.82) is 0 Å². The Bertz CT molecular complexity index is 960. The van der Waals surface area contributed by atoms with Crippen LogP contribution in [0.3, 0.4) is 0 Å². The standard InChI is InChI=1S/C22H28N2O5S/c1-3-28-18-11-13-19(14-12-18)30(26,27)24-15-7-8-17(16-24)22(25)23-20-9-5-6-10-21(20)29-4-2/h5-6,9-14,17H,3-4,7-8,15-16H2,1-2H3,(H,23,25)/t17-/m1/s1. The van der Waals surface area contributed by atoms with Gasteiger partial charge >= 0.3 is 0 Å². The predicted molar refractivity (Wildman–Crippen MR) is 115 cm³/mol. The lowest BCUT2D eigenvalue weighted by atomic mass is 9.98. The Balaban J connectivity index is 1.70. The summed E-state index contributed by atoms with van der Waals surface area (Å²) in [5.74, 6) is 0.600. The summed E-state index contributed by atoms with van der Waals surface area (Å²) in [6.07, 6.45) is 1.26. The summed E-state index contributed by atoms with van der Waals surface area (Å²) >= 11 is 0. The van der Waals surface area contributed by atoms with Gasteiger partial charge in [0.15, 0.2) is 0 Å². The lowest BCUT2D eigenvalue weighted by molar-refractivity contribution is -0.120. The van der Waals surface area contributed by atoms with E-state index < -0.39 is 15.9 Å². The van der Waals surface area contributed by atoms with Crippen LogP contribution in [0.1, 0.15) is 26.7 Å². The molecular weight excluding hydrogens is 404 g/mol. The lowest BCUT2D eigenvalue weighted by Gasteiger charge is -2.31. The highest BCUT2D eigenvalue weighted by Gasteiger charge is 2.33. The molecular formula is C22H28N2O5S. The summed E-state index contributed by atoms with van der Waals surface area (Å²) in [7, 11) is -3.68. The van der Waals surface area contributed by atoms with Crippen molar-refractivity contribution in [1.82, 2.24) is 4.31 Å². The fourth-order valence-electron chi connectivity index (χ4n) is 3.48. The van der Waals surface area contributed by atoms with Crippen LogP contribution in [0.2, 0.25) is 0 Å². The summed E-state index contributed by atoms with van der Waals surface area (Å²) in [5, 5.41) is 2.90. The molecule has 7 nitrogen and oxygen atoms in total. The molecule has 1 fully saturated rings. The van der Waals surface area contributed by atoms with E-state index in [1.807, 2.05) is 26.0 Å². The number of nitrogens with one attached hydrogen (secondary N) is 1. The highest BCUT2D eigenvalue weighted by molar-refractivity contribution is 7.89. The second-order valence-corrected chi connectivity index (χ2v) is 8.96. The Morgan fingerprint density at radius 1 is 1.07 bits per heavy atom. The predicted octanol–water partition coefficient (Wildman–Crippen LogP) is 3.52. The first-order valence-electron chi connectivity index (χ1n) is 10.2. The third-order valence-electron chi connectivity index (χ3n) is 4.97. The molecule has 0 saturated carbocycles. The van der Waals surface area contributed by atoms with Crippen molar-refractivity contribution in [3.8, 4) is 11.5 Å². The number of ether oxygens (including phenoxy) is 2. The van der Waals surface area contributed by atoms with E-state index in [0.717, 1.165) is 0 Å². The number of carbonyl (C=O) groups is 1. The van der Waals surface area contributed by atoms with Gasteiger partial charge in [0.2, 0.25) is 15.9 Å². The van der Waals surface area contributed by atoms with Gasteiger partial charge in [0.1, 0.15) is 11.5 Å². The molecule has 1 N–H and O–H groups in total. The number of carbonyl (C=O) groups excluding carboxylic acids is 1. The maximum atomic E-state index is 13.1. The molecule has 3 rings (SSSR count). The van der Waals surface area contributed by atoms with E-state index >= 15 is 0 Å². The number of hydrogen-bond donors (Lipinski definition) is 1. The number of para-hydroxylation sites is 2. The van der Waals surface area contributed by atoms with Crippen molar-refractivity contribution in [3.05, 3.63) is 48.5 Å². The Labute approximate surface area is 178 Å². The van der Waals surface area contributed by atoms with Crippen molar-refractivity contribution in [2.45, 2.75) is 31.6 Å². The Morgan fingerprint density at radius 2 is 1.77 bits per heavy atom. The van der Waals surface area contributed by atoms with Crippen molar-refractivity contribution in [3.63, 3.8) is 0 Å². The topological polar surface area (TPSA) is 84.9 Å². The third kappa shape index (κ3) is 5.12. The Morgan fingerprint density at radius 3 is 2.47 bits per heavy atom. The number of nitrogens with zero attached hydrogens (tertiary/aromatic N) is 1. The molecule has 0 aliphatic carbocycles. The zero-order chi connectivity index (χ0) is 21.6. The van der Waals surface area contributed by atoms with Gasteiger partial charge in [-0.1, -0.05) is 12.1 Å². The van der Waals surface area contributed by atoms with Crippen LogP contribution >= 0.6 is 0 Å². The van der Waals surface area contributed by atoms with Gasteiger partial charge in [-0.15, -0.1) is 0 Å². The molecule has 8 heteroatoms. The van der Waals surface area contributed by atoms with E-state index in [1.54, 1.807) is 36.4 Å². The quantitative estimate of drug-likeness (QED) is 0.690. The van der Waals surface area contributed by atoms with E-state index in [0.29, 0.717) is 49.8 Å². The molecule has 1 heterocycles. The number of sulfonamides is 1. The third-order valence-corrected chi connectivity index (χ3v) is 6.85. The van der Waals surface area contributed by atoms with E-state index in [-0.39, 0.29) is 17.3 Å². The highest BCUT2D eigenvalue weighted by atomic mass is 32.2. The van der Waals surface area contributed by atoms with E-state index in [1.165, 1.54) is 4.31 Å². The van der Waals surface area contributed by atoms with E-state index in [9.17, 15) is 13.2 Å². The number of amides is 1. The minimum Gasteiger partial charge on any atom is -0.494 e. The molecule has 1 saturated heterocycles. The van der Waals surface area contributed by atoms with Crippen LogP contribution in [-0.4, -0.2) is 44.9 Å². The van der Waals surface area contributed by atoms with Gasteiger partial charge in [-0.2, -0.15) is 4.31 Å². The van der Waals surface area contributed by atoms with Crippen LogP contribution < -0.4 is 14.8 Å². The molecule has 30 heavy (non-hydrogen) atoms. The molecule has 1 amide bonds. The smallest absolute Gasteiger partial charge is 0.243 e. The number of benzene rings is 2. The molecule has 0 unspecified atom stereocenters. The average Bonchev–Trinajstić information content (AvgIpc) is 2.76. The maximum absolute atomic E-state index is 13.1. The molecule has 2 aromatic rings. The molecule has 0 aromatic heterocycles. The summed E-state index contributed by atoms with van der Waals surface area (Å²) in [6.45, 7) is 5.30. The molecule has 1 aliphatic rings. The van der Waals surface area contributed by atoms with Gasteiger partial charge in [0, 0.05) is 13.1 Å². The van der Waals surface area contributed by atoms with Gasteiger partial charge < -0.3 is 14.8 Å². The molecule has 1 atom stereocenters. The minimum absolute atomic E-state index is 0.151. The first-order chi connectivity index (χ1) is 14.5. The van der Waals surface area contributed by atoms with Crippen molar-refractivity contribution in [2.24, 2.45) is 5.92 Å². The van der Waals surface area contributed by atoms with Crippen molar-refractivity contribution in [2.75, 3.05) is 31.6 Å². The van der Waals surface area contributed by atoms with Gasteiger partial charge in [-0.3, -0.25) is 4.79 Å².